The Hall–Kier alpha value is -2.20. The molecule has 0 unspecified atom stereocenters. The summed E-state index contributed by atoms with van der Waals surface area (Å²) in [5.41, 5.74) is 2.10. The van der Waals surface area contributed by atoms with E-state index in [1.807, 2.05) is 24.3 Å². The summed E-state index contributed by atoms with van der Waals surface area (Å²) in [6.45, 7) is 1.49. The molecule has 0 atom stereocenters. The number of carbonyl (C=O) groups is 2. The van der Waals surface area contributed by atoms with Crippen molar-refractivity contribution in [3.63, 3.8) is 0 Å². The fourth-order valence-corrected chi connectivity index (χ4v) is 2.20. The van der Waals surface area contributed by atoms with Gasteiger partial charge in [-0.05, 0) is 42.8 Å². The lowest BCUT2D eigenvalue weighted by Crippen LogP contribution is -2.08. The Bertz CT molecular complexity index is 707. The molecule has 0 fully saturated rings. The van der Waals surface area contributed by atoms with Crippen LogP contribution in [0.1, 0.15) is 22.8 Å². The first-order valence-electron chi connectivity index (χ1n) is 6.40. The number of Topliss-reactive ketones (excluding diaryl/α,β-unsaturated/α-hetero) is 1. The van der Waals surface area contributed by atoms with Crippen LogP contribution in [0.2, 0.25) is 0 Å². The van der Waals surface area contributed by atoms with Gasteiger partial charge in [0.15, 0.2) is 5.78 Å². The highest BCUT2D eigenvalue weighted by atomic mass is 79.9. The summed E-state index contributed by atoms with van der Waals surface area (Å²) in [5.74, 6) is -0.272. The van der Waals surface area contributed by atoms with Crippen LogP contribution in [0.5, 0.6) is 0 Å². The maximum Gasteiger partial charge on any atom is 0.248 e. The first-order chi connectivity index (χ1) is 10.0. The molecule has 0 aliphatic rings. The molecule has 0 saturated heterocycles. The van der Waals surface area contributed by atoms with Gasteiger partial charge in [-0.2, -0.15) is 0 Å². The van der Waals surface area contributed by atoms with Crippen molar-refractivity contribution in [3.8, 4) is 0 Å². The van der Waals surface area contributed by atoms with Crippen molar-refractivity contribution in [2.24, 2.45) is 0 Å². The Morgan fingerprint density at radius 3 is 2.57 bits per heavy atom. The van der Waals surface area contributed by atoms with Gasteiger partial charge >= 0.3 is 0 Å². The minimum absolute atomic E-state index is 0.0317. The van der Waals surface area contributed by atoms with Crippen LogP contribution in [-0.2, 0) is 4.79 Å². The molecular formula is C17H14BrNO2. The smallest absolute Gasteiger partial charge is 0.248 e. The van der Waals surface area contributed by atoms with Crippen molar-refractivity contribution >= 4 is 39.4 Å². The minimum Gasteiger partial charge on any atom is -0.322 e. The van der Waals surface area contributed by atoms with E-state index in [4.69, 9.17) is 0 Å². The number of hydrogen-bond donors (Lipinski definition) is 1. The zero-order valence-corrected chi connectivity index (χ0v) is 13.1. The number of hydrogen-bond acceptors (Lipinski definition) is 2. The summed E-state index contributed by atoms with van der Waals surface area (Å²) < 4.78 is 0.958. The van der Waals surface area contributed by atoms with Gasteiger partial charge in [-0.3, -0.25) is 9.59 Å². The third kappa shape index (κ3) is 4.68. The standard InChI is InChI=1S/C17H14BrNO2/c1-12(20)14-5-3-7-16(11-14)19-17(21)9-8-13-4-2-6-15(18)10-13/h2-11H,1H3,(H,19,21)/b9-8+. The van der Waals surface area contributed by atoms with Gasteiger partial charge in [0.1, 0.15) is 0 Å². The quantitative estimate of drug-likeness (QED) is 0.664. The highest BCUT2D eigenvalue weighted by molar-refractivity contribution is 9.10. The van der Waals surface area contributed by atoms with Gasteiger partial charge in [0.2, 0.25) is 5.91 Å². The zero-order chi connectivity index (χ0) is 15.2. The molecule has 1 amide bonds. The molecule has 3 nitrogen and oxygen atoms in total. The van der Waals surface area contributed by atoms with E-state index in [1.165, 1.54) is 13.0 Å². The lowest BCUT2D eigenvalue weighted by Gasteiger charge is -2.03. The topological polar surface area (TPSA) is 46.2 Å². The summed E-state index contributed by atoms with van der Waals surface area (Å²) in [6.07, 6.45) is 3.19. The molecule has 2 aromatic carbocycles. The number of anilines is 1. The average Bonchev–Trinajstić information content (AvgIpc) is 2.45. The molecule has 2 aromatic rings. The summed E-state index contributed by atoms with van der Waals surface area (Å²) in [6, 6.07) is 14.5. The van der Waals surface area contributed by atoms with Crippen LogP contribution in [0.3, 0.4) is 0 Å². The van der Waals surface area contributed by atoms with Crippen LogP contribution in [0.15, 0.2) is 59.1 Å². The van der Waals surface area contributed by atoms with E-state index in [0.717, 1.165) is 10.0 Å². The molecule has 0 radical (unpaired) electrons. The Morgan fingerprint density at radius 1 is 1.10 bits per heavy atom. The van der Waals surface area contributed by atoms with Crippen molar-refractivity contribution in [2.45, 2.75) is 6.92 Å². The number of carbonyl (C=O) groups excluding carboxylic acids is 2. The molecule has 4 heteroatoms. The molecule has 106 valence electrons. The summed E-state index contributed by atoms with van der Waals surface area (Å²) in [5, 5.41) is 2.73. The third-order valence-corrected chi connectivity index (χ3v) is 3.31. The predicted octanol–water partition coefficient (Wildman–Crippen LogP) is 4.30. The number of halogens is 1. The summed E-state index contributed by atoms with van der Waals surface area (Å²) in [4.78, 5) is 23.2. The monoisotopic (exact) mass is 343 g/mol. The first-order valence-corrected chi connectivity index (χ1v) is 7.19. The SMILES string of the molecule is CC(=O)c1cccc(NC(=O)/C=C/c2cccc(Br)c2)c1. The molecule has 0 saturated carbocycles. The maximum atomic E-state index is 11.9. The molecule has 2 rings (SSSR count). The van der Waals surface area contributed by atoms with E-state index in [2.05, 4.69) is 21.2 Å². The van der Waals surface area contributed by atoms with Gasteiger partial charge in [-0.15, -0.1) is 0 Å². The van der Waals surface area contributed by atoms with Crippen LogP contribution in [0, 0.1) is 0 Å². The molecule has 0 aromatic heterocycles. The number of ketones is 1. The van der Waals surface area contributed by atoms with Crippen LogP contribution < -0.4 is 5.32 Å². The average molecular weight is 344 g/mol. The van der Waals surface area contributed by atoms with E-state index in [-0.39, 0.29) is 11.7 Å². The van der Waals surface area contributed by atoms with Crippen LogP contribution in [0.25, 0.3) is 6.08 Å². The van der Waals surface area contributed by atoms with Crippen LogP contribution >= 0.6 is 15.9 Å². The Kier molecular flexibility index (Phi) is 5.06. The Labute approximate surface area is 131 Å². The van der Waals surface area contributed by atoms with E-state index < -0.39 is 0 Å². The van der Waals surface area contributed by atoms with E-state index in [0.29, 0.717) is 11.3 Å². The van der Waals surface area contributed by atoms with Gasteiger partial charge in [0.25, 0.3) is 0 Å². The van der Waals surface area contributed by atoms with Gasteiger partial charge in [-0.1, -0.05) is 40.2 Å². The van der Waals surface area contributed by atoms with Gasteiger partial charge < -0.3 is 5.32 Å². The van der Waals surface area contributed by atoms with Crippen molar-refractivity contribution < 1.29 is 9.59 Å². The van der Waals surface area contributed by atoms with Crippen molar-refractivity contribution in [1.29, 1.82) is 0 Å². The van der Waals surface area contributed by atoms with Crippen LogP contribution in [-0.4, -0.2) is 11.7 Å². The first kappa shape index (κ1) is 15.2. The molecule has 0 aliphatic carbocycles. The highest BCUT2D eigenvalue weighted by Crippen LogP contribution is 2.14. The van der Waals surface area contributed by atoms with E-state index in [1.54, 1.807) is 30.3 Å². The molecule has 0 heterocycles. The fourth-order valence-electron chi connectivity index (χ4n) is 1.78. The molecule has 0 spiro atoms. The number of benzene rings is 2. The fraction of sp³-hybridized carbons (Fsp3) is 0.0588. The largest absolute Gasteiger partial charge is 0.322 e. The number of nitrogens with one attached hydrogen (secondary N) is 1. The van der Waals surface area contributed by atoms with Gasteiger partial charge in [-0.25, -0.2) is 0 Å². The van der Waals surface area contributed by atoms with Crippen molar-refractivity contribution in [2.75, 3.05) is 5.32 Å². The lowest BCUT2D eigenvalue weighted by atomic mass is 10.1. The summed E-state index contributed by atoms with van der Waals surface area (Å²) in [7, 11) is 0. The van der Waals surface area contributed by atoms with Crippen molar-refractivity contribution in [1.82, 2.24) is 0 Å². The van der Waals surface area contributed by atoms with Gasteiger partial charge in [0, 0.05) is 21.8 Å². The van der Waals surface area contributed by atoms with Gasteiger partial charge in [0.05, 0.1) is 0 Å². The van der Waals surface area contributed by atoms with Crippen molar-refractivity contribution in [3.05, 3.63) is 70.2 Å². The Morgan fingerprint density at radius 2 is 1.86 bits per heavy atom. The predicted molar refractivity (Wildman–Crippen MR) is 88.3 cm³/mol. The minimum atomic E-state index is -0.240. The number of rotatable bonds is 4. The molecule has 0 aliphatic heterocycles. The molecule has 21 heavy (non-hydrogen) atoms. The second-order valence-corrected chi connectivity index (χ2v) is 5.43. The Balaban J connectivity index is 2.05. The highest BCUT2D eigenvalue weighted by Gasteiger charge is 2.02. The van der Waals surface area contributed by atoms with E-state index >= 15 is 0 Å². The lowest BCUT2D eigenvalue weighted by molar-refractivity contribution is -0.111. The third-order valence-electron chi connectivity index (χ3n) is 2.81. The maximum absolute atomic E-state index is 11.9. The molecule has 0 bridgehead atoms. The second-order valence-electron chi connectivity index (χ2n) is 4.51. The second kappa shape index (κ2) is 6.99. The zero-order valence-electron chi connectivity index (χ0n) is 11.5. The molecule has 1 N–H and O–H groups in total. The normalized spacial score (nSPS) is 10.6. The summed E-state index contributed by atoms with van der Waals surface area (Å²) >= 11 is 3.38. The number of amides is 1. The van der Waals surface area contributed by atoms with Crippen LogP contribution in [0.4, 0.5) is 5.69 Å². The molecular weight excluding hydrogens is 330 g/mol. The van der Waals surface area contributed by atoms with E-state index in [9.17, 15) is 9.59 Å².